The predicted octanol–water partition coefficient (Wildman–Crippen LogP) is 4.31. The Hall–Kier alpha value is -1.66. The zero-order chi connectivity index (χ0) is 32.3. The average molecular weight is 694 g/mol. The van der Waals surface area contributed by atoms with Crippen molar-refractivity contribution >= 4 is 36.6 Å². The van der Waals surface area contributed by atoms with Crippen LogP contribution >= 0.6 is 24.8 Å². The number of morpholine rings is 1. The van der Waals surface area contributed by atoms with Crippen molar-refractivity contribution in [1.82, 2.24) is 15.5 Å². The molecule has 0 unspecified atom stereocenters. The molecule has 4 atom stereocenters. The molecular weight excluding hydrogens is 631 g/mol. The molecule has 1 aliphatic heterocycles. The van der Waals surface area contributed by atoms with E-state index in [1.54, 1.807) is 13.2 Å². The van der Waals surface area contributed by atoms with Crippen LogP contribution in [0.3, 0.4) is 0 Å². The number of ether oxygens (including phenoxy) is 3. The second-order valence-electron chi connectivity index (χ2n) is 12.8. The second-order valence-corrected chi connectivity index (χ2v) is 12.8. The molecule has 0 aliphatic carbocycles. The van der Waals surface area contributed by atoms with Gasteiger partial charge in [-0.3, -0.25) is 14.5 Å². The van der Waals surface area contributed by atoms with Crippen molar-refractivity contribution in [2.75, 3.05) is 66.3 Å². The van der Waals surface area contributed by atoms with E-state index >= 15 is 0 Å². The first kappa shape index (κ1) is 44.3. The molecule has 0 saturated carbocycles. The van der Waals surface area contributed by atoms with Crippen LogP contribution in [0.15, 0.2) is 24.3 Å². The van der Waals surface area contributed by atoms with Gasteiger partial charge in [0.2, 0.25) is 5.91 Å². The highest BCUT2D eigenvalue weighted by Crippen LogP contribution is 2.25. The Morgan fingerprint density at radius 1 is 0.957 bits per heavy atom. The molecular formula is C34H62Cl2N4O6. The molecule has 0 aromatic heterocycles. The Kier molecular flexibility index (Phi) is 24.5. The Bertz CT molecular complexity index is 952. The summed E-state index contributed by atoms with van der Waals surface area (Å²) in [6, 6.07) is 6.85. The van der Waals surface area contributed by atoms with E-state index in [0.717, 1.165) is 58.7 Å². The molecule has 268 valence electrons. The van der Waals surface area contributed by atoms with Crippen LogP contribution in [0.1, 0.15) is 76.6 Å². The number of halogens is 2. The highest BCUT2D eigenvalue weighted by atomic mass is 35.5. The SMILES string of the molecule is COCCCCCOc1ccccc1C(=O)NC[C@@H](C[C@H](N)[C@@H](O)C[C@@H](CC(=O)NCCN1CCOCC1)C(C)C)C(C)C.Cl.Cl. The van der Waals surface area contributed by atoms with Gasteiger partial charge in [-0.1, -0.05) is 39.8 Å². The number of hydrogen-bond donors (Lipinski definition) is 4. The molecule has 0 bridgehead atoms. The number of methoxy groups -OCH3 is 1. The number of hydrogen-bond acceptors (Lipinski definition) is 8. The number of aliphatic hydroxyl groups is 1. The summed E-state index contributed by atoms with van der Waals surface area (Å²) in [7, 11) is 1.70. The second kappa shape index (κ2) is 25.4. The minimum atomic E-state index is -0.737. The van der Waals surface area contributed by atoms with Gasteiger partial charge in [0.1, 0.15) is 5.75 Å². The van der Waals surface area contributed by atoms with Gasteiger partial charge in [-0.2, -0.15) is 0 Å². The van der Waals surface area contributed by atoms with Gasteiger partial charge in [-0.05, 0) is 67.9 Å². The number of benzene rings is 1. The number of nitrogens with one attached hydrogen (secondary N) is 2. The molecule has 2 rings (SSSR count). The zero-order valence-electron chi connectivity index (χ0n) is 28.7. The number of amides is 2. The lowest BCUT2D eigenvalue weighted by atomic mass is 9.82. The fourth-order valence-corrected chi connectivity index (χ4v) is 5.47. The van der Waals surface area contributed by atoms with Crippen LogP contribution in [0.25, 0.3) is 0 Å². The molecule has 12 heteroatoms. The minimum Gasteiger partial charge on any atom is -0.493 e. The first-order valence-corrected chi connectivity index (χ1v) is 16.6. The minimum absolute atomic E-state index is 0. The van der Waals surface area contributed by atoms with Crippen molar-refractivity contribution in [3.05, 3.63) is 29.8 Å². The first-order valence-electron chi connectivity index (χ1n) is 16.6. The number of nitrogens with two attached hydrogens (primary N) is 1. The van der Waals surface area contributed by atoms with E-state index < -0.39 is 12.1 Å². The molecule has 1 fully saturated rings. The van der Waals surface area contributed by atoms with E-state index in [4.69, 9.17) is 19.9 Å². The third kappa shape index (κ3) is 17.5. The van der Waals surface area contributed by atoms with Crippen molar-refractivity contribution in [2.24, 2.45) is 29.4 Å². The average Bonchev–Trinajstić information content (AvgIpc) is 3.00. The summed E-state index contributed by atoms with van der Waals surface area (Å²) in [5.74, 6) is 0.997. The molecule has 0 radical (unpaired) electrons. The Balaban J connectivity index is 0.0000101. The molecule has 1 aliphatic rings. The molecule has 46 heavy (non-hydrogen) atoms. The molecule has 5 N–H and O–H groups in total. The van der Waals surface area contributed by atoms with Crippen LogP contribution in [-0.2, 0) is 14.3 Å². The Morgan fingerprint density at radius 3 is 2.26 bits per heavy atom. The van der Waals surface area contributed by atoms with Gasteiger partial charge < -0.3 is 35.7 Å². The van der Waals surface area contributed by atoms with Crippen LogP contribution in [0.5, 0.6) is 5.75 Å². The van der Waals surface area contributed by atoms with E-state index in [0.29, 0.717) is 50.3 Å². The van der Waals surface area contributed by atoms with Gasteiger partial charge >= 0.3 is 0 Å². The molecule has 1 saturated heterocycles. The molecule has 10 nitrogen and oxygen atoms in total. The maximum Gasteiger partial charge on any atom is 0.255 e. The van der Waals surface area contributed by atoms with Crippen molar-refractivity contribution < 1.29 is 28.9 Å². The third-order valence-corrected chi connectivity index (χ3v) is 8.71. The van der Waals surface area contributed by atoms with Gasteiger partial charge in [-0.15, -0.1) is 24.8 Å². The van der Waals surface area contributed by atoms with Crippen LogP contribution in [0.4, 0.5) is 0 Å². The topological polar surface area (TPSA) is 135 Å². The summed E-state index contributed by atoms with van der Waals surface area (Å²) in [6.07, 6.45) is 3.54. The predicted molar refractivity (Wildman–Crippen MR) is 189 cm³/mol. The van der Waals surface area contributed by atoms with Gasteiger partial charge in [0, 0.05) is 58.9 Å². The number of aliphatic hydroxyl groups excluding tert-OH is 1. The summed E-state index contributed by atoms with van der Waals surface area (Å²) < 4.78 is 16.4. The molecule has 1 heterocycles. The molecule has 1 aromatic rings. The quantitative estimate of drug-likeness (QED) is 0.132. The standard InChI is InChI=1S/C34H60N4O6.2ClH/c1-25(2)27(23-33(40)36-13-14-38-15-19-43-20-16-38)22-31(39)30(35)21-28(26(3)4)24-37-34(41)29-11-7-8-12-32(29)44-18-10-6-9-17-42-5;;/h7-8,11-12,25-28,30-31,39H,6,9-10,13-24,35H2,1-5H3,(H,36,40)(H,37,41);2*1H/t27-,28+,30-,31-;;/m0../s1. The number of para-hydroxylation sites is 1. The Labute approximate surface area is 290 Å². The monoisotopic (exact) mass is 692 g/mol. The third-order valence-electron chi connectivity index (χ3n) is 8.71. The highest BCUT2D eigenvalue weighted by Gasteiger charge is 2.28. The summed E-state index contributed by atoms with van der Waals surface area (Å²) in [5.41, 5.74) is 7.04. The van der Waals surface area contributed by atoms with Crippen molar-refractivity contribution in [3.8, 4) is 5.75 Å². The zero-order valence-corrected chi connectivity index (χ0v) is 30.3. The van der Waals surface area contributed by atoms with Crippen molar-refractivity contribution in [3.63, 3.8) is 0 Å². The van der Waals surface area contributed by atoms with Gasteiger partial charge in [0.15, 0.2) is 0 Å². The summed E-state index contributed by atoms with van der Waals surface area (Å²) in [4.78, 5) is 28.1. The maximum absolute atomic E-state index is 13.1. The number of carbonyl (C=O) groups excluding carboxylic acids is 2. The van der Waals surface area contributed by atoms with Gasteiger partial charge in [-0.25, -0.2) is 0 Å². The van der Waals surface area contributed by atoms with E-state index in [9.17, 15) is 14.7 Å². The van der Waals surface area contributed by atoms with E-state index in [2.05, 4.69) is 43.2 Å². The van der Waals surface area contributed by atoms with Crippen molar-refractivity contribution in [1.29, 1.82) is 0 Å². The van der Waals surface area contributed by atoms with Crippen LogP contribution in [-0.4, -0.2) is 100 Å². The maximum atomic E-state index is 13.1. The number of nitrogens with zero attached hydrogens (tertiary/aromatic N) is 1. The van der Waals surface area contributed by atoms with Crippen LogP contribution in [0.2, 0.25) is 0 Å². The van der Waals surface area contributed by atoms with Gasteiger partial charge in [0.05, 0.1) is 31.5 Å². The summed E-state index contributed by atoms with van der Waals surface area (Å²) >= 11 is 0. The largest absolute Gasteiger partial charge is 0.493 e. The number of carbonyl (C=O) groups is 2. The van der Waals surface area contributed by atoms with Crippen molar-refractivity contribution in [2.45, 2.75) is 78.4 Å². The summed E-state index contributed by atoms with van der Waals surface area (Å²) in [6.45, 7) is 14.8. The lowest BCUT2D eigenvalue weighted by Crippen LogP contribution is -2.43. The van der Waals surface area contributed by atoms with E-state index in [-0.39, 0.29) is 60.3 Å². The van der Waals surface area contributed by atoms with E-state index in [1.165, 1.54) is 0 Å². The first-order chi connectivity index (χ1) is 21.1. The normalized spacial score (nSPS) is 16.1. The molecule has 1 aromatic carbocycles. The smallest absolute Gasteiger partial charge is 0.255 e. The van der Waals surface area contributed by atoms with Crippen LogP contribution < -0.4 is 21.1 Å². The fourth-order valence-electron chi connectivity index (χ4n) is 5.47. The van der Waals surface area contributed by atoms with E-state index in [1.807, 2.05) is 18.2 Å². The molecule has 0 spiro atoms. The van der Waals surface area contributed by atoms with Gasteiger partial charge in [0.25, 0.3) is 5.91 Å². The summed E-state index contributed by atoms with van der Waals surface area (Å²) in [5, 5.41) is 17.2. The fraction of sp³-hybridized carbons (Fsp3) is 0.765. The lowest BCUT2D eigenvalue weighted by Gasteiger charge is -2.30. The van der Waals surface area contributed by atoms with Crippen LogP contribution in [0, 0.1) is 23.7 Å². The highest BCUT2D eigenvalue weighted by molar-refractivity contribution is 5.96. The lowest BCUT2D eigenvalue weighted by molar-refractivity contribution is -0.122. The number of unbranched alkanes of at least 4 members (excludes halogenated alkanes) is 2. The Morgan fingerprint density at radius 2 is 1.61 bits per heavy atom. The molecule has 2 amide bonds. The number of rotatable bonds is 22.